The van der Waals surface area contributed by atoms with E-state index in [2.05, 4.69) is 24.1 Å². The van der Waals surface area contributed by atoms with Crippen LogP contribution in [0.1, 0.15) is 39.5 Å². The van der Waals surface area contributed by atoms with Gasteiger partial charge in [0, 0.05) is 31.2 Å². The second-order valence-electron chi connectivity index (χ2n) is 4.50. The number of nitrogens with zero attached hydrogens (tertiary/aromatic N) is 1. The second-order valence-corrected chi connectivity index (χ2v) is 4.50. The molecule has 13 heavy (non-hydrogen) atoms. The largest absolute Gasteiger partial charge is 0.311 e. The van der Waals surface area contributed by atoms with Gasteiger partial charge in [0.25, 0.3) is 0 Å². The summed E-state index contributed by atoms with van der Waals surface area (Å²) >= 11 is 0. The molecule has 0 spiro atoms. The van der Waals surface area contributed by atoms with Gasteiger partial charge in [0.1, 0.15) is 0 Å². The summed E-state index contributed by atoms with van der Waals surface area (Å²) in [5.74, 6) is 0. The monoisotopic (exact) mass is 182 g/mol. The van der Waals surface area contributed by atoms with Crippen LogP contribution in [-0.2, 0) is 0 Å². The molecule has 0 aromatic rings. The van der Waals surface area contributed by atoms with E-state index in [0.29, 0.717) is 0 Å². The maximum Gasteiger partial charge on any atom is 0.0221 e. The molecule has 2 unspecified atom stereocenters. The molecule has 2 atom stereocenters. The fraction of sp³-hybridized carbons (Fsp3) is 1.00. The van der Waals surface area contributed by atoms with Gasteiger partial charge < -0.3 is 5.32 Å². The topological polar surface area (TPSA) is 15.3 Å². The standard InChI is InChI=1S/C11H22N2/c1-3-9-8-13(11-5-6-11)10(4-2)7-12-9/h9-12H,3-8H2,1-2H3. The highest BCUT2D eigenvalue weighted by atomic mass is 15.3. The Bertz CT molecular complexity index is 165. The number of hydrogen-bond acceptors (Lipinski definition) is 2. The molecule has 0 aromatic heterocycles. The Hall–Kier alpha value is -0.0800. The first kappa shape index (κ1) is 9.47. The van der Waals surface area contributed by atoms with E-state index in [0.717, 1.165) is 18.1 Å². The van der Waals surface area contributed by atoms with Gasteiger partial charge in [-0.05, 0) is 25.7 Å². The minimum absolute atomic E-state index is 0.753. The van der Waals surface area contributed by atoms with E-state index in [1.807, 2.05) is 0 Å². The lowest BCUT2D eigenvalue weighted by molar-refractivity contribution is 0.117. The summed E-state index contributed by atoms with van der Waals surface area (Å²) < 4.78 is 0. The molecular weight excluding hydrogens is 160 g/mol. The molecule has 1 heterocycles. The number of hydrogen-bond donors (Lipinski definition) is 1. The maximum absolute atomic E-state index is 3.64. The van der Waals surface area contributed by atoms with Crippen LogP contribution in [0.3, 0.4) is 0 Å². The highest BCUT2D eigenvalue weighted by Gasteiger charge is 2.36. The minimum atomic E-state index is 0.753. The Morgan fingerprint density at radius 1 is 1.23 bits per heavy atom. The molecule has 1 N–H and O–H groups in total. The van der Waals surface area contributed by atoms with E-state index in [1.54, 1.807) is 0 Å². The van der Waals surface area contributed by atoms with Crippen LogP contribution >= 0.6 is 0 Å². The molecule has 2 fully saturated rings. The zero-order valence-electron chi connectivity index (χ0n) is 8.92. The quantitative estimate of drug-likeness (QED) is 0.713. The van der Waals surface area contributed by atoms with Crippen molar-refractivity contribution < 1.29 is 0 Å². The molecular formula is C11H22N2. The van der Waals surface area contributed by atoms with Crippen LogP contribution in [0, 0.1) is 0 Å². The van der Waals surface area contributed by atoms with Crippen molar-refractivity contribution in [1.82, 2.24) is 10.2 Å². The molecule has 2 aliphatic rings. The van der Waals surface area contributed by atoms with Crippen molar-refractivity contribution in [1.29, 1.82) is 0 Å². The third-order valence-corrected chi connectivity index (χ3v) is 3.52. The van der Waals surface area contributed by atoms with Gasteiger partial charge in [-0.1, -0.05) is 13.8 Å². The Labute approximate surface area is 81.7 Å². The first-order valence-corrected chi connectivity index (χ1v) is 5.84. The van der Waals surface area contributed by atoms with Crippen LogP contribution in [0.25, 0.3) is 0 Å². The van der Waals surface area contributed by atoms with Crippen molar-refractivity contribution in [2.24, 2.45) is 0 Å². The van der Waals surface area contributed by atoms with Crippen molar-refractivity contribution >= 4 is 0 Å². The van der Waals surface area contributed by atoms with Gasteiger partial charge in [0.05, 0.1) is 0 Å². The molecule has 0 aromatic carbocycles. The highest BCUT2D eigenvalue weighted by molar-refractivity contribution is 4.94. The molecule has 2 heteroatoms. The number of piperazine rings is 1. The Kier molecular flexibility index (Phi) is 2.89. The van der Waals surface area contributed by atoms with Crippen molar-refractivity contribution in [3.8, 4) is 0 Å². The zero-order valence-corrected chi connectivity index (χ0v) is 8.92. The lowest BCUT2D eigenvalue weighted by Gasteiger charge is -2.40. The lowest BCUT2D eigenvalue weighted by atomic mass is 10.1. The zero-order chi connectivity index (χ0) is 9.26. The molecule has 76 valence electrons. The molecule has 1 aliphatic carbocycles. The normalized spacial score (nSPS) is 36.5. The van der Waals surface area contributed by atoms with E-state index in [1.165, 1.54) is 38.8 Å². The molecule has 2 nitrogen and oxygen atoms in total. The smallest absolute Gasteiger partial charge is 0.0221 e. The molecule has 0 bridgehead atoms. The van der Waals surface area contributed by atoms with Crippen LogP contribution in [-0.4, -0.2) is 36.1 Å². The fourth-order valence-corrected chi connectivity index (χ4v) is 2.39. The van der Waals surface area contributed by atoms with Crippen molar-refractivity contribution in [3.05, 3.63) is 0 Å². The van der Waals surface area contributed by atoms with Crippen molar-refractivity contribution in [3.63, 3.8) is 0 Å². The van der Waals surface area contributed by atoms with E-state index >= 15 is 0 Å². The summed E-state index contributed by atoms with van der Waals surface area (Å²) in [5, 5.41) is 3.64. The van der Waals surface area contributed by atoms with Gasteiger partial charge in [-0.25, -0.2) is 0 Å². The van der Waals surface area contributed by atoms with E-state index < -0.39 is 0 Å². The summed E-state index contributed by atoms with van der Waals surface area (Å²) in [7, 11) is 0. The maximum atomic E-state index is 3.64. The van der Waals surface area contributed by atoms with Gasteiger partial charge in [0.2, 0.25) is 0 Å². The first-order chi connectivity index (χ1) is 6.35. The molecule has 1 aliphatic heterocycles. The average molecular weight is 182 g/mol. The Morgan fingerprint density at radius 2 is 2.00 bits per heavy atom. The third-order valence-electron chi connectivity index (χ3n) is 3.52. The molecule has 1 saturated heterocycles. The molecule has 2 rings (SSSR count). The van der Waals surface area contributed by atoms with Crippen LogP contribution < -0.4 is 5.32 Å². The molecule has 0 radical (unpaired) electrons. The van der Waals surface area contributed by atoms with Crippen molar-refractivity contribution in [2.45, 2.75) is 57.7 Å². The van der Waals surface area contributed by atoms with Crippen LogP contribution in [0.15, 0.2) is 0 Å². The summed E-state index contributed by atoms with van der Waals surface area (Å²) in [4.78, 5) is 2.75. The number of nitrogens with one attached hydrogen (secondary N) is 1. The summed E-state index contributed by atoms with van der Waals surface area (Å²) in [6.07, 6.45) is 5.49. The second kappa shape index (κ2) is 3.97. The fourth-order valence-electron chi connectivity index (χ4n) is 2.39. The Morgan fingerprint density at radius 3 is 2.54 bits per heavy atom. The first-order valence-electron chi connectivity index (χ1n) is 5.84. The van der Waals surface area contributed by atoms with E-state index in [4.69, 9.17) is 0 Å². The summed E-state index contributed by atoms with van der Waals surface area (Å²) in [6.45, 7) is 7.11. The number of rotatable bonds is 3. The molecule has 0 amide bonds. The van der Waals surface area contributed by atoms with Crippen LogP contribution in [0.2, 0.25) is 0 Å². The lowest BCUT2D eigenvalue weighted by Crippen LogP contribution is -2.56. The van der Waals surface area contributed by atoms with E-state index in [-0.39, 0.29) is 0 Å². The third kappa shape index (κ3) is 2.05. The average Bonchev–Trinajstić information content (AvgIpc) is 3.00. The van der Waals surface area contributed by atoms with Gasteiger partial charge >= 0.3 is 0 Å². The van der Waals surface area contributed by atoms with Gasteiger partial charge in [-0.3, -0.25) is 4.90 Å². The van der Waals surface area contributed by atoms with Gasteiger partial charge in [-0.15, -0.1) is 0 Å². The van der Waals surface area contributed by atoms with Gasteiger partial charge in [0.15, 0.2) is 0 Å². The minimum Gasteiger partial charge on any atom is -0.311 e. The predicted molar refractivity (Wildman–Crippen MR) is 55.9 cm³/mol. The van der Waals surface area contributed by atoms with Crippen molar-refractivity contribution in [2.75, 3.05) is 13.1 Å². The van der Waals surface area contributed by atoms with E-state index in [9.17, 15) is 0 Å². The highest BCUT2D eigenvalue weighted by Crippen LogP contribution is 2.30. The summed E-state index contributed by atoms with van der Waals surface area (Å²) in [6, 6.07) is 2.51. The summed E-state index contributed by atoms with van der Waals surface area (Å²) in [5.41, 5.74) is 0. The van der Waals surface area contributed by atoms with Gasteiger partial charge in [-0.2, -0.15) is 0 Å². The van der Waals surface area contributed by atoms with Crippen LogP contribution in [0.5, 0.6) is 0 Å². The SMILES string of the molecule is CCC1CN(C2CC2)C(CC)CN1. The Balaban J connectivity index is 1.92. The predicted octanol–water partition coefficient (Wildman–Crippen LogP) is 1.61. The molecule has 1 saturated carbocycles. The van der Waals surface area contributed by atoms with Crippen LogP contribution in [0.4, 0.5) is 0 Å².